The smallest absolute Gasteiger partial charge is 0.410 e. The zero-order valence-corrected chi connectivity index (χ0v) is 11.2. The van der Waals surface area contributed by atoms with Crippen LogP contribution in [-0.4, -0.2) is 40.8 Å². The Labute approximate surface area is 107 Å². The van der Waals surface area contributed by atoms with E-state index >= 15 is 0 Å². The van der Waals surface area contributed by atoms with Crippen LogP contribution in [0.1, 0.15) is 33.6 Å². The fourth-order valence-corrected chi connectivity index (χ4v) is 1.88. The zero-order valence-electron chi connectivity index (χ0n) is 11.2. The van der Waals surface area contributed by atoms with Crippen LogP contribution in [0.25, 0.3) is 0 Å². The van der Waals surface area contributed by atoms with Crippen LogP contribution in [-0.2, 0) is 9.53 Å². The van der Waals surface area contributed by atoms with Crippen LogP contribution in [0.5, 0.6) is 0 Å². The Morgan fingerprint density at radius 2 is 2.06 bits per heavy atom. The summed E-state index contributed by atoms with van der Waals surface area (Å²) >= 11 is 0. The number of carboxylic acid groups (broad SMARTS) is 1. The molecule has 1 unspecified atom stereocenters. The second kappa shape index (κ2) is 5.89. The van der Waals surface area contributed by atoms with E-state index in [0.717, 1.165) is 18.9 Å². The molecule has 0 bridgehead atoms. The fraction of sp³-hybridized carbons (Fsp3) is 0.692. The van der Waals surface area contributed by atoms with Crippen LogP contribution >= 0.6 is 0 Å². The summed E-state index contributed by atoms with van der Waals surface area (Å²) < 4.78 is 5.30. The van der Waals surface area contributed by atoms with Gasteiger partial charge in [-0.15, -0.1) is 0 Å². The summed E-state index contributed by atoms with van der Waals surface area (Å²) in [5, 5.41) is 8.58. The van der Waals surface area contributed by atoms with Crippen molar-refractivity contribution in [2.75, 3.05) is 13.1 Å². The molecule has 0 aromatic heterocycles. The first kappa shape index (κ1) is 14.5. The van der Waals surface area contributed by atoms with Crippen molar-refractivity contribution in [3.05, 3.63) is 12.2 Å². The Balaban J connectivity index is 2.53. The molecule has 1 fully saturated rings. The van der Waals surface area contributed by atoms with Crippen LogP contribution in [0.4, 0.5) is 4.79 Å². The van der Waals surface area contributed by atoms with Gasteiger partial charge in [-0.25, -0.2) is 9.59 Å². The lowest BCUT2D eigenvalue weighted by Crippen LogP contribution is -2.42. The van der Waals surface area contributed by atoms with Crippen LogP contribution in [0.2, 0.25) is 0 Å². The van der Waals surface area contributed by atoms with Crippen molar-refractivity contribution in [2.24, 2.45) is 5.92 Å². The van der Waals surface area contributed by atoms with Gasteiger partial charge in [-0.3, -0.25) is 0 Å². The number of likely N-dealkylation sites (tertiary alicyclic amines) is 1. The average Bonchev–Trinajstić information content (AvgIpc) is 2.24. The Kier molecular flexibility index (Phi) is 4.76. The molecule has 0 aliphatic carbocycles. The Morgan fingerprint density at radius 3 is 2.61 bits per heavy atom. The van der Waals surface area contributed by atoms with Crippen molar-refractivity contribution in [2.45, 2.75) is 39.2 Å². The summed E-state index contributed by atoms with van der Waals surface area (Å²) in [6, 6.07) is 0. The summed E-state index contributed by atoms with van der Waals surface area (Å²) in [6.45, 7) is 6.69. The van der Waals surface area contributed by atoms with E-state index in [0.29, 0.717) is 13.1 Å². The number of carbonyl (C=O) groups excluding carboxylic acids is 1. The van der Waals surface area contributed by atoms with Crippen molar-refractivity contribution in [3.8, 4) is 0 Å². The SMILES string of the molecule is CC(C)(C)OC(=O)N1CCCC(/C=C/C(=O)O)C1. The van der Waals surface area contributed by atoms with E-state index in [1.54, 1.807) is 11.0 Å². The number of amides is 1. The standard InChI is InChI=1S/C13H21NO4/c1-13(2,3)18-12(17)14-8-4-5-10(9-14)6-7-11(15)16/h6-7,10H,4-5,8-9H2,1-3H3,(H,15,16)/b7-6+. The number of piperidine rings is 1. The van der Waals surface area contributed by atoms with Gasteiger partial charge >= 0.3 is 12.1 Å². The normalized spacial score (nSPS) is 21.1. The molecule has 1 aliphatic heterocycles. The molecule has 1 rings (SSSR count). The maximum absolute atomic E-state index is 11.9. The van der Waals surface area contributed by atoms with Crippen LogP contribution in [0.15, 0.2) is 12.2 Å². The van der Waals surface area contributed by atoms with Gasteiger partial charge in [-0.1, -0.05) is 6.08 Å². The highest BCUT2D eigenvalue weighted by Crippen LogP contribution is 2.20. The predicted octanol–water partition coefficient (Wildman–Crippen LogP) is 2.27. The third kappa shape index (κ3) is 5.21. The number of carbonyl (C=O) groups is 2. The lowest BCUT2D eigenvalue weighted by molar-refractivity contribution is -0.131. The van der Waals surface area contributed by atoms with Gasteiger partial charge in [0.1, 0.15) is 5.60 Å². The molecule has 0 aromatic carbocycles. The number of carboxylic acids is 1. The van der Waals surface area contributed by atoms with Crippen LogP contribution in [0, 0.1) is 5.92 Å². The summed E-state index contributed by atoms with van der Waals surface area (Å²) in [5.74, 6) is -0.855. The fourth-order valence-electron chi connectivity index (χ4n) is 1.88. The molecular weight excluding hydrogens is 234 g/mol. The number of rotatable bonds is 2. The molecule has 1 saturated heterocycles. The number of aliphatic carboxylic acids is 1. The molecule has 0 radical (unpaired) electrons. The molecule has 5 heteroatoms. The largest absolute Gasteiger partial charge is 0.478 e. The minimum Gasteiger partial charge on any atom is -0.478 e. The first-order valence-corrected chi connectivity index (χ1v) is 6.17. The average molecular weight is 255 g/mol. The van der Waals surface area contributed by atoms with E-state index < -0.39 is 11.6 Å². The highest BCUT2D eigenvalue weighted by Gasteiger charge is 2.26. The third-order valence-electron chi connectivity index (χ3n) is 2.62. The summed E-state index contributed by atoms with van der Waals surface area (Å²) in [7, 11) is 0. The van der Waals surface area contributed by atoms with Gasteiger partial charge < -0.3 is 14.7 Å². The first-order chi connectivity index (χ1) is 8.28. The molecule has 5 nitrogen and oxygen atoms in total. The summed E-state index contributed by atoms with van der Waals surface area (Å²) in [5.41, 5.74) is -0.499. The molecule has 0 aromatic rings. The van der Waals surface area contributed by atoms with E-state index in [9.17, 15) is 9.59 Å². The highest BCUT2D eigenvalue weighted by molar-refractivity contribution is 5.79. The van der Waals surface area contributed by atoms with Gasteiger partial charge in [0.05, 0.1) is 0 Å². The molecule has 1 amide bonds. The minimum atomic E-state index is -0.954. The topological polar surface area (TPSA) is 66.8 Å². The van der Waals surface area contributed by atoms with E-state index in [4.69, 9.17) is 9.84 Å². The number of hydrogen-bond acceptors (Lipinski definition) is 3. The van der Waals surface area contributed by atoms with Crippen molar-refractivity contribution in [1.82, 2.24) is 4.90 Å². The van der Waals surface area contributed by atoms with Crippen molar-refractivity contribution >= 4 is 12.1 Å². The maximum Gasteiger partial charge on any atom is 0.410 e. The second-order valence-electron chi connectivity index (χ2n) is 5.53. The molecular formula is C13H21NO4. The second-order valence-corrected chi connectivity index (χ2v) is 5.53. The maximum atomic E-state index is 11.9. The van der Waals surface area contributed by atoms with E-state index in [1.165, 1.54) is 0 Å². The number of nitrogens with zero attached hydrogens (tertiary/aromatic N) is 1. The Morgan fingerprint density at radius 1 is 1.39 bits per heavy atom. The van der Waals surface area contributed by atoms with Gasteiger partial charge in [0.15, 0.2) is 0 Å². The lowest BCUT2D eigenvalue weighted by atomic mass is 9.98. The van der Waals surface area contributed by atoms with E-state index in [1.807, 2.05) is 20.8 Å². The van der Waals surface area contributed by atoms with Crippen molar-refractivity contribution in [3.63, 3.8) is 0 Å². The lowest BCUT2D eigenvalue weighted by Gasteiger charge is -2.33. The highest BCUT2D eigenvalue weighted by atomic mass is 16.6. The molecule has 1 aliphatic rings. The molecule has 1 heterocycles. The van der Waals surface area contributed by atoms with Gasteiger partial charge in [0, 0.05) is 19.2 Å². The van der Waals surface area contributed by atoms with E-state index in [-0.39, 0.29) is 12.0 Å². The molecule has 1 N–H and O–H groups in total. The summed E-state index contributed by atoms with van der Waals surface area (Å²) in [6.07, 6.45) is 4.25. The number of hydrogen-bond donors (Lipinski definition) is 1. The van der Waals surface area contributed by atoms with Gasteiger partial charge in [-0.05, 0) is 39.5 Å². The molecule has 0 saturated carbocycles. The zero-order chi connectivity index (χ0) is 13.8. The van der Waals surface area contributed by atoms with Gasteiger partial charge in [0.2, 0.25) is 0 Å². The number of ether oxygens (including phenoxy) is 1. The third-order valence-corrected chi connectivity index (χ3v) is 2.62. The van der Waals surface area contributed by atoms with Gasteiger partial charge in [0.25, 0.3) is 0 Å². The van der Waals surface area contributed by atoms with Crippen LogP contribution < -0.4 is 0 Å². The Hall–Kier alpha value is -1.52. The Bertz CT molecular complexity index is 343. The predicted molar refractivity (Wildman–Crippen MR) is 67.3 cm³/mol. The van der Waals surface area contributed by atoms with Crippen molar-refractivity contribution < 1.29 is 19.4 Å². The molecule has 1 atom stereocenters. The molecule has 0 spiro atoms. The quantitative estimate of drug-likeness (QED) is 0.769. The van der Waals surface area contributed by atoms with Crippen LogP contribution in [0.3, 0.4) is 0 Å². The summed E-state index contributed by atoms with van der Waals surface area (Å²) in [4.78, 5) is 24.0. The van der Waals surface area contributed by atoms with Gasteiger partial charge in [-0.2, -0.15) is 0 Å². The monoisotopic (exact) mass is 255 g/mol. The minimum absolute atomic E-state index is 0.0994. The first-order valence-electron chi connectivity index (χ1n) is 6.17. The van der Waals surface area contributed by atoms with Crippen molar-refractivity contribution in [1.29, 1.82) is 0 Å². The molecule has 102 valence electrons. The van der Waals surface area contributed by atoms with E-state index in [2.05, 4.69) is 0 Å². The molecule has 18 heavy (non-hydrogen) atoms.